The summed E-state index contributed by atoms with van der Waals surface area (Å²) in [6.45, 7) is 4.93. The van der Waals surface area contributed by atoms with Gasteiger partial charge >= 0.3 is 5.97 Å². The quantitative estimate of drug-likeness (QED) is 0.820. The maximum Gasteiger partial charge on any atom is 0.307 e. The summed E-state index contributed by atoms with van der Waals surface area (Å²) >= 11 is 0. The molecule has 0 radical (unpaired) electrons. The molecule has 1 rings (SSSR count). The van der Waals surface area contributed by atoms with Crippen LogP contribution in [0.4, 0.5) is 0 Å². The molecule has 0 heterocycles. The third-order valence-corrected chi connectivity index (χ3v) is 4.06. The third-order valence-electron chi connectivity index (χ3n) is 4.06. The summed E-state index contributed by atoms with van der Waals surface area (Å²) in [7, 11) is 1.79. The summed E-state index contributed by atoms with van der Waals surface area (Å²) in [5.41, 5.74) is 0. The van der Waals surface area contributed by atoms with Crippen molar-refractivity contribution in [3.05, 3.63) is 0 Å². The summed E-state index contributed by atoms with van der Waals surface area (Å²) in [6, 6.07) is 0. The number of hydrogen-bond donors (Lipinski definition) is 1. The van der Waals surface area contributed by atoms with Crippen molar-refractivity contribution in [2.24, 2.45) is 17.8 Å². The van der Waals surface area contributed by atoms with Crippen molar-refractivity contribution >= 4 is 11.9 Å². The highest BCUT2D eigenvalue weighted by Gasteiger charge is 2.37. The van der Waals surface area contributed by atoms with Crippen LogP contribution in [0.25, 0.3) is 0 Å². The molecule has 0 aliphatic heterocycles. The van der Waals surface area contributed by atoms with Gasteiger partial charge in [-0.05, 0) is 18.8 Å². The van der Waals surface area contributed by atoms with Gasteiger partial charge in [-0.15, -0.1) is 0 Å². The summed E-state index contributed by atoms with van der Waals surface area (Å²) in [5.74, 6) is -1.13. The number of carbonyl (C=O) groups excluding carboxylic acids is 1. The van der Waals surface area contributed by atoms with Crippen LogP contribution in [0.5, 0.6) is 0 Å². The topological polar surface area (TPSA) is 57.6 Å². The largest absolute Gasteiger partial charge is 0.481 e. The van der Waals surface area contributed by atoms with Gasteiger partial charge in [-0.3, -0.25) is 9.59 Å². The van der Waals surface area contributed by atoms with E-state index in [0.717, 1.165) is 32.2 Å². The van der Waals surface area contributed by atoms with Gasteiger partial charge in [-0.2, -0.15) is 0 Å². The molecular formula is C14H25NO3. The van der Waals surface area contributed by atoms with Crippen LogP contribution in [-0.2, 0) is 9.59 Å². The van der Waals surface area contributed by atoms with Crippen LogP contribution in [0.3, 0.4) is 0 Å². The molecule has 1 aliphatic carbocycles. The van der Waals surface area contributed by atoms with Crippen LogP contribution in [0, 0.1) is 17.8 Å². The Labute approximate surface area is 109 Å². The van der Waals surface area contributed by atoms with Crippen LogP contribution < -0.4 is 0 Å². The predicted octanol–water partition coefficient (Wildman–Crippen LogP) is 2.38. The fraction of sp³-hybridized carbons (Fsp3) is 0.857. The van der Waals surface area contributed by atoms with Crippen LogP contribution in [0.15, 0.2) is 0 Å². The van der Waals surface area contributed by atoms with Crippen molar-refractivity contribution in [2.75, 3.05) is 13.6 Å². The molecule has 3 atom stereocenters. The average Bonchev–Trinajstić information content (AvgIpc) is 2.37. The summed E-state index contributed by atoms with van der Waals surface area (Å²) < 4.78 is 0. The number of rotatable bonds is 5. The number of carboxylic acid groups (broad SMARTS) is 1. The Morgan fingerprint density at radius 2 is 1.83 bits per heavy atom. The van der Waals surface area contributed by atoms with Crippen LogP contribution >= 0.6 is 0 Å². The van der Waals surface area contributed by atoms with Crippen molar-refractivity contribution in [3.8, 4) is 0 Å². The Bertz CT molecular complexity index is 303. The van der Waals surface area contributed by atoms with E-state index < -0.39 is 11.9 Å². The Morgan fingerprint density at radius 1 is 1.28 bits per heavy atom. The molecular weight excluding hydrogens is 230 g/mol. The smallest absolute Gasteiger partial charge is 0.307 e. The Kier molecular flexibility index (Phi) is 5.63. The molecule has 1 fully saturated rings. The van der Waals surface area contributed by atoms with Gasteiger partial charge in [0.05, 0.1) is 11.8 Å². The van der Waals surface area contributed by atoms with Crippen LogP contribution in [0.1, 0.15) is 46.0 Å². The van der Waals surface area contributed by atoms with E-state index in [2.05, 4.69) is 13.8 Å². The Morgan fingerprint density at radius 3 is 2.33 bits per heavy atom. The van der Waals surface area contributed by atoms with Gasteiger partial charge in [-0.1, -0.05) is 33.1 Å². The maximum absolute atomic E-state index is 12.3. The minimum absolute atomic E-state index is 0.0161. The molecule has 4 nitrogen and oxygen atoms in total. The zero-order valence-corrected chi connectivity index (χ0v) is 11.7. The first-order valence-corrected chi connectivity index (χ1v) is 6.95. The van der Waals surface area contributed by atoms with Crippen molar-refractivity contribution in [1.29, 1.82) is 0 Å². The molecule has 1 saturated carbocycles. The minimum Gasteiger partial charge on any atom is -0.481 e. The molecule has 1 N–H and O–H groups in total. The molecule has 0 saturated heterocycles. The monoisotopic (exact) mass is 255 g/mol. The first-order valence-electron chi connectivity index (χ1n) is 6.95. The Hall–Kier alpha value is -1.06. The second-order valence-corrected chi connectivity index (χ2v) is 5.57. The highest BCUT2D eigenvalue weighted by atomic mass is 16.4. The van der Waals surface area contributed by atoms with Crippen molar-refractivity contribution < 1.29 is 14.7 Å². The molecule has 0 aromatic carbocycles. The SMILES string of the molecule is CCC(C)CN(C)C(=O)C1CCCCC1C(=O)O. The van der Waals surface area contributed by atoms with E-state index in [0.29, 0.717) is 12.3 Å². The number of amides is 1. The van der Waals surface area contributed by atoms with Crippen molar-refractivity contribution in [2.45, 2.75) is 46.0 Å². The lowest BCUT2D eigenvalue weighted by atomic mass is 9.78. The van der Waals surface area contributed by atoms with E-state index in [-0.39, 0.29) is 11.8 Å². The minimum atomic E-state index is -0.815. The molecule has 18 heavy (non-hydrogen) atoms. The van der Waals surface area contributed by atoms with Gasteiger partial charge in [0.2, 0.25) is 5.91 Å². The highest BCUT2D eigenvalue weighted by molar-refractivity contribution is 5.84. The maximum atomic E-state index is 12.3. The van der Waals surface area contributed by atoms with E-state index in [1.165, 1.54) is 0 Å². The fourth-order valence-electron chi connectivity index (χ4n) is 2.69. The molecule has 0 aromatic rings. The molecule has 0 spiro atoms. The van der Waals surface area contributed by atoms with Crippen LogP contribution in [0.2, 0.25) is 0 Å². The number of aliphatic carboxylic acids is 1. The van der Waals surface area contributed by atoms with E-state index in [1.807, 2.05) is 0 Å². The normalized spacial score (nSPS) is 25.5. The first-order chi connectivity index (χ1) is 8.47. The number of carbonyl (C=O) groups is 2. The molecule has 1 aliphatic rings. The lowest BCUT2D eigenvalue weighted by molar-refractivity contribution is -0.152. The number of hydrogen-bond acceptors (Lipinski definition) is 2. The molecule has 3 unspecified atom stereocenters. The Balaban J connectivity index is 2.65. The lowest BCUT2D eigenvalue weighted by Gasteiger charge is -2.32. The number of carboxylic acids is 1. The average molecular weight is 255 g/mol. The standard InChI is InChI=1S/C14H25NO3/c1-4-10(2)9-15(3)13(16)11-7-5-6-8-12(11)14(17)18/h10-12H,4-9H2,1-3H3,(H,17,18). The van der Waals surface area contributed by atoms with E-state index >= 15 is 0 Å². The second-order valence-electron chi connectivity index (χ2n) is 5.57. The van der Waals surface area contributed by atoms with Gasteiger partial charge < -0.3 is 10.0 Å². The van der Waals surface area contributed by atoms with E-state index in [4.69, 9.17) is 0 Å². The molecule has 1 amide bonds. The molecule has 0 aromatic heterocycles. The predicted molar refractivity (Wildman–Crippen MR) is 70.2 cm³/mol. The first kappa shape index (κ1) is 15.0. The third kappa shape index (κ3) is 3.72. The van der Waals surface area contributed by atoms with Crippen LogP contribution in [-0.4, -0.2) is 35.5 Å². The fourth-order valence-corrected chi connectivity index (χ4v) is 2.69. The molecule has 104 valence electrons. The van der Waals surface area contributed by atoms with Gasteiger partial charge in [0, 0.05) is 13.6 Å². The molecule has 0 bridgehead atoms. The van der Waals surface area contributed by atoms with Gasteiger partial charge in [0.1, 0.15) is 0 Å². The number of nitrogens with zero attached hydrogens (tertiary/aromatic N) is 1. The van der Waals surface area contributed by atoms with E-state index in [9.17, 15) is 14.7 Å². The lowest BCUT2D eigenvalue weighted by Crippen LogP contribution is -2.42. The highest BCUT2D eigenvalue weighted by Crippen LogP contribution is 2.31. The van der Waals surface area contributed by atoms with Gasteiger partial charge in [0.15, 0.2) is 0 Å². The van der Waals surface area contributed by atoms with Gasteiger partial charge in [0.25, 0.3) is 0 Å². The van der Waals surface area contributed by atoms with E-state index in [1.54, 1.807) is 11.9 Å². The van der Waals surface area contributed by atoms with Gasteiger partial charge in [-0.25, -0.2) is 0 Å². The zero-order valence-electron chi connectivity index (χ0n) is 11.7. The van der Waals surface area contributed by atoms with Crippen molar-refractivity contribution in [3.63, 3.8) is 0 Å². The van der Waals surface area contributed by atoms with Crippen molar-refractivity contribution in [1.82, 2.24) is 4.90 Å². The summed E-state index contributed by atoms with van der Waals surface area (Å²) in [5, 5.41) is 9.20. The summed E-state index contributed by atoms with van der Waals surface area (Å²) in [6.07, 6.45) is 4.29. The molecule has 4 heteroatoms. The zero-order chi connectivity index (χ0) is 13.7. The summed E-state index contributed by atoms with van der Waals surface area (Å²) in [4.78, 5) is 25.2. The second kappa shape index (κ2) is 6.76.